The molecule has 1 aromatic heterocycles. The number of hydrogen-bond acceptors (Lipinski definition) is 4. The zero-order chi connectivity index (χ0) is 13.9. The van der Waals surface area contributed by atoms with Crippen molar-refractivity contribution in [3.05, 3.63) is 21.5 Å². The van der Waals surface area contributed by atoms with E-state index in [9.17, 15) is 14.9 Å². The monoisotopic (exact) mass is 253 g/mol. The largest absolute Gasteiger partial charge is 0.314 e. The zero-order valence-electron chi connectivity index (χ0n) is 11.3. The third-order valence-corrected chi connectivity index (χ3v) is 2.79. The second-order valence-corrected chi connectivity index (χ2v) is 4.68. The summed E-state index contributed by atoms with van der Waals surface area (Å²) in [5, 5.41) is 15.3. The third kappa shape index (κ3) is 2.94. The van der Waals surface area contributed by atoms with Gasteiger partial charge >= 0.3 is 5.69 Å². The van der Waals surface area contributed by atoms with E-state index < -0.39 is 4.92 Å². The minimum absolute atomic E-state index is 0.00282. The molecule has 0 unspecified atom stereocenters. The molecule has 0 atom stereocenters. The van der Waals surface area contributed by atoms with Crippen LogP contribution in [0, 0.1) is 10.1 Å². The molecule has 0 radical (unpaired) electrons. The Bertz CT molecular complexity index is 463. The molecule has 0 aliphatic carbocycles. The lowest BCUT2D eigenvalue weighted by atomic mass is 10.1. The molecular formula is C12H19N3O3. The quantitative estimate of drug-likeness (QED) is 0.576. The zero-order valence-corrected chi connectivity index (χ0v) is 11.3. The summed E-state index contributed by atoms with van der Waals surface area (Å²) in [7, 11) is 1.65. The van der Waals surface area contributed by atoms with Crippen LogP contribution < -0.4 is 0 Å². The molecule has 100 valence electrons. The first kappa shape index (κ1) is 14.3. The van der Waals surface area contributed by atoms with Gasteiger partial charge in [-0.2, -0.15) is 5.10 Å². The van der Waals surface area contributed by atoms with E-state index in [4.69, 9.17) is 0 Å². The lowest BCUT2D eigenvalue weighted by molar-refractivity contribution is -0.386. The SMILES string of the molecule is CCCC(=O)Cc1c([N+](=O)[O-])c(C(C)C)nn1C. The summed E-state index contributed by atoms with van der Waals surface area (Å²) in [4.78, 5) is 22.4. The first-order chi connectivity index (χ1) is 8.38. The molecule has 1 aromatic rings. The van der Waals surface area contributed by atoms with Gasteiger partial charge in [-0.25, -0.2) is 0 Å². The number of aryl methyl sites for hydroxylation is 1. The van der Waals surface area contributed by atoms with Gasteiger partial charge in [0, 0.05) is 19.4 Å². The van der Waals surface area contributed by atoms with Crippen molar-refractivity contribution in [3.63, 3.8) is 0 Å². The highest BCUT2D eigenvalue weighted by molar-refractivity contribution is 5.81. The average Bonchev–Trinajstić information content (AvgIpc) is 2.57. The van der Waals surface area contributed by atoms with Crippen molar-refractivity contribution in [2.24, 2.45) is 7.05 Å². The minimum atomic E-state index is -0.434. The summed E-state index contributed by atoms with van der Waals surface area (Å²) in [5.74, 6) is -0.0227. The standard InChI is InChI=1S/C12H19N3O3/c1-5-6-9(16)7-10-12(15(17)18)11(8(2)3)13-14(10)4/h8H,5-7H2,1-4H3. The van der Waals surface area contributed by atoms with E-state index >= 15 is 0 Å². The van der Waals surface area contributed by atoms with E-state index in [0.717, 1.165) is 6.42 Å². The van der Waals surface area contributed by atoms with Gasteiger partial charge in [0.25, 0.3) is 0 Å². The van der Waals surface area contributed by atoms with Gasteiger partial charge in [-0.05, 0) is 6.42 Å². The Labute approximate surface area is 106 Å². The van der Waals surface area contributed by atoms with Crippen molar-refractivity contribution >= 4 is 11.5 Å². The fourth-order valence-electron chi connectivity index (χ4n) is 1.91. The van der Waals surface area contributed by atoms with Crippen LogP contribution in [0.1, 0.15) is 50.9 Å². The molecule has 6 heteroatoms. The number of aromatic nitrogens is 2. The lowest BCUT2D eigenvalue weighted by Gasteiger charge is -2.01. The Balaban J connectivity index is 3.17. The van der Waals surface area contributed by atoms with E-state index in [-0.39, 0.29) is 23.8 Å². The van der Waals surface area contributed by atoms with Crippen LogP contribution in [0.15, 0.2) is 0 Å². The van der Waals surface area contributed by atoms with Gasteiger partial charge in [0.15, 0.2) is 0 Å². The fraction of sp³-hybridized carbons (Fsp3) is 0.667. The number of rotatable bonds is 6. The van der Waals surface area contributed by atoms with E-state index in [1.165, 1.54) is 4.68 Å². The van der Waals surface area contributed by atoms with Crippen LogP contribution in [-0.4, -0.2) is 20.5 Å². The van der Waals surface area contributed by atoms with E-state index in [1.807, 2.05) is 20.8 Å². The highest BCUT2D eigenvalue weighted by Gasteiger charge is 2.29. The number of ketones is 1. The van der Waals surface area contributed by atoms with Crippen LogP contribution in [-0.2, 0) is 18.3 Å². The van der Waals surface area contributed by atoms with Crippen molar-refractivity contribution in [2.75, 3.05) is 0 Å². The second kappa shape index (κ2) is 5.75. The molecule has 6 nitrogen and oxygen atoms in total. The van der Waals surface area contributed by atoms with Gasteiger partial charge in [-0.3, -0.25) is 19.6 Å². The van der Waals surface area contributed by atoms with Gasteiger partial charge < -0.3 is 0 Å². The number of carbonyl (C=O) groups is 1. The number of nitro groups is 1. The second-order valence-electron chi connectivity index (χ2n) is 4.68. The highest BCUT2D eigenvalue weighted by Crippen LogP contribution is 2.29. The van der Waals surface area contributed by atoms with E-state index in [2.05, 4.69) is 5.10 Å². The molecule has 18 heavy (non-hydrogen) atoms. The number of carbonyl (C=O) groups excluding carboxylic acids is 1. The normalized spacial score (nSPS) is 10.9. The molecule has 0 aromatic carbocycles. The summed E-state index contributed by atoms with van der Waals surface area (Å²) in [5.41, 5.74) is 0.848. The summed E-state index contributed by atoms with van der Waals surface area (Å²) < 4.78 is 1.46. The molecule has 0 saturated heterocycles. The average molecular weight is 253 g/mol. The Kier molecular flexibility index (Phi) is 4.58. The predicted octanol–water partition coefficient (Wildman–Crippen LogP) is 2.36. The van der Waals surface area contributed by atoms with Gasteiger partial charge in [0.1, 0.15) is 17.2 Å². The Hall–Kier alpha value is -1.72. The Morgan fingerprint density at radius 1 is 1.50 bits per heavy atom. The predicted molar refractivity (Wildman–Crippen MR) is 67.6 cm³/mol. The first-order valence-corrected chi connectivity index (χ1v) is 6.10. The minimum Gasteiger partial charge on any atom is -0.299 e. The van der Waals surface area contributed by atoms with Gasteiger partial charge in [-0.1, -0.05) is 20.8 Å². The summed E-state index contributed by atoms with van der Waals surface area (Å²) in [6.07, 6.45) is 1.28. The molecule has 0 amide bonds. The van der Waals surface area contributed by atoms with Crippen LogP contribution in [0.2, 0.25) is 0 Å². The van der Waals surface area contributed by atoms with Gasteiger partial charge in [0.05, 0.1) is 11.3 Å². The maximum absolute atomic E-state index is 11.7. The Morgan fingerprint density at radius 2 is 2.11 bits per heavy atom. The molecule has 1 rings (SSSR count). The molecule has 0 aliphatic rings. The van der Waals surface area contributed by atoms with Crippen LogP contribution in [0.4, 0.5) is 5.69 Å². The lowest BCUT2D eigenvalue weighted by Crippen LogP contribution is -2.08. The van der Waals surface area contributed by atoms with Crippen molar-refractivity contribution in [1.29, 1.82) is 0 Å². The maximum Gasteiger partial charge on any atom is 0.314 e. The fourth-order valence-corrected chi connectivity index (χ4v) is 1.91. The van der Waals surface area contributed by atoms with E-state index in [0.29, 0.717) is 17.8 Å². The van der Waals surface area contributed by atoms with E-state index in [1.54, 1.807) is 7.05 Å². The summed E-state index contributed by atoms with van der Waals surface area (Å²) in [6, 6.07) is 0. The highest BCUT2D eigenvalue weighted by atomic mass is 16.6. The van der Waals surface area contributed by atoms with Gasteiger partial charge in [0.2, 0.25) is 0 Å². The first-order valence-electron chi connectivity index (χ1n) is 6.10. The van der Waals surface area contributed by atoms with Gasteiger partial charge in [-0.15, -0.1) is 0 Å². The van der Waals surface area contributed by atoms with Crippen LogP contribution in [0.5, 0.6) is 0 Å². The summed E-state index contributed by atoms with van der Waals surface area (Å²) in [6.45, 7) is 5.62. The molecule has 0 bridgehead atoms. The molecule has 0 aliphatic heterocycles. The molecule has 0 spiro atoms. The van der Waals surface area contributed by atoms with Crippen molar-refractivity contribution in [3.8, 4) is 0 Å². The van der Waals surface area contributed by atoms with Crippen LogP contribution >= 0.6 is 0 Å². The molecule has 1 heterocycles. The van der Waals surface area contributed by atoms with Crippen molar-refractivity contribution < 1.29 is 9.72 Å². The van der Waals surface area contributed by atoms with Crippen LogP contribution in [0.25, 0.3) is 0 Å². The van der Waals surface area contributed by atoms with Crippen molar-refractivity contribution in [2.45, 2.75) is 46.0 Å². The Morgan fingerprint density at radius 3 is 2.56 bits per heavy atom. The maximum atomic E-state index is 11.7. The number of nitrogens with zero attached hydrogens (tertiary/aromatic N) is 3. The molecule has 0 N–H and O–H groups in total. The number of hydrogen-bond donors (Lipinski definition) is 0. The van der Waals surface area contributed by atoms with Crippen LogP contribution in [0.3, 0.4) is 0 Å². The number of Topliss-reactive ketones (excluding diaryl/α,β-unsaturated/α-hetero) is 1. The third-order valence-electron chi connectivity index (χ3n) is 2.79. The van der Waals surface area contributed by atoms with Crippen molar-refractivity contribution in [1.82, 2.24) is 9.78 Å². The molecule has 0 fully saturated rings. The molecular weight excluding hydrogens is 234 g/mol. The molecule has 0 saturated carbocycles. The smallest absolute Gasteiger partial charge is 0.299 e. The summed E-state index contributed by atoms with van der Waals surface area (Å²) >= 11 is 0. The topological polar surface area (TPSA) is 78.0 Å².